The van der Waals surface area contributed by atoms with Gasteiger partial charge in [0.1, 0.15) is 5.69 Å². The second kappa shape index (κ2) is 4.33. The van der Waals surface area contributed by atoms with Gasteiger partial charge < -0.3 is 10.3 Å². The van der Waals surface area contributed by atoms with Gasteiger partial charge in [-0.25, -0.2) is 4.79 Å². The summed E-state index contributed by atoms with van der Waals surface area (Å²) in [6, 6.07) is -0.0697. The Bertz CT molecular complexity index is 420. The summed E-state index contributed by atoms with van der Waals surface area (Å²) in [5, 5.41) is 0. The highest BCUT2D eigenvalue weighted by Crippen LogP contribution is 2.10. The molecule has 1 aromatic rings. The summed E-state index contributed by atoms with van der Waals surface area (Å²) in [7, 11) is 1.59. The molecule has 5 nitrogen and oxygen atoms in total. The van der Waals surface area contributed by atoms with Gasteiger partial charge >= 0.3 is 5.69 Å². The zero-order chi connectivity index (χ0) is 11.6. The maximum absolute atomic E-state index is 11.8. The summed E-state index contributed by atoms with van der Waals surface area (Å²) in [5.74, 6) is 0. The Morgan fingerprint density at radius 1 is 1.33 bits per heavy atom. The van der Waals surface area contributed by atoms with E-state index in [1.54, 1.807) is 7.05 Å². The van der Waals surface area contributed by atoms with Gasteiger partial charge in [0.2, 0.25) is 0 Å². The Balaban J connectivity index is 3.52. The van der Waals surface area contributed by atoms with Crippen molar-refractivity contribution in [3.8, 4) is 0 Å². The van der Waals surface area contributed by atoms with Crippen molar-refractivity contribution in [2.45, 2.75) is 32.7 Å². The summed E-state index contributed by atoms with van der Waals surface area (Å²) in [4.78, 5) is 23.5. The van der Waals surface area contributed by atoms with Gasteiger partial charge in [-0.05, 0) is 12.8 Å². The van der Waals surface area contributed by atoms with E-state index in [1.165, 1.54) is 15.3 Å². The van der Waals surface area contributed by atoms with Crippen molar-refractivity contribution in [1.29, 1.82) is 0 Å². The number of hydrogen-bond acceptors (Lipinski definition) is 3. The number of aryl methyl sites for hydroxylation is 1. The minimum Gasteiger partial charge on any atom is -0.393 e. The molecule has 0 amide bonds. The number of nitrogen functional groups attached to an aromatic ring is 1. The average Bonchev–Trinajstić information content (AvgIpc) is 2.21. The number of nitrogens with zero attached hydrogens (tertiary/aromatic N) is 2. The third kappa shape index (κ3) is 1.95. The third-order valence-electron chi connectivity index (χ3n) is 2.61. The molecule has 15 heavy (non-hydrogen) atoms. The minimum absolute atomic E-state index is 0.0697. The smallest absolute Gasteiger partial charge is 0.331 e. The quantitative estimate of drug-likeness (QED) is 0.791. The van der Waals surface area contributed by atoms with Crippen LogP contribution in [0.4, 0.5) is 5.69 Å². The van der Waals surface area contributed by atoms with E-state index in [4.69, 9.17) is 5.73 Å². The van der Waals surface area contributed by atoms with Crippen molar-refractivity contribution in [1.82, 2.24) is 9.13 Å². The van der Waals surface area contributed by atoms with E-state index in [0.717, 1.165) is 12.8 Å². The fourth-order valence-corrected chi connectivity index (χ4v) is 1.69. The zero-order valence-corrected chi connectivity index (χ0v) is 9.36. The number of anilines is 1. The fraction of sp³-hybridized carbons (Fsp3) is 0.600. The number of nitrogens with two attached hydrogens (primary N) is 1. The number of aromatic nitrogens is 2. The molecule has 0 atom stereocenters. The monoisotopic (exact) mass is 211 g/mol. The van der Waals surface area contributed by atoms with Crippen LogP contribution in [0.25, 0.3) is 0 Å². The van der Waals surface area contributed by atoms with Gasteiger partial charge in [0, 0.05) is 19.3 Å². The fourth-order valence-electron chi connectivity index (χ4n) is 1.69. The molecule has 0 unspecified atom stereocenters. The molecule has 0 saturated carbocycles. The first-order valence-corrected chi connectivity index (χ1v) is 5.10. The molecule has 0 radical (unpaired) electrons. The highest BCUT2D eigenvalue weighted by Gasteiger charge is 2.14. The molecule has 0 aromatic carbocycles. The number of rotatable bonds is 3. The van der Waals surface area contributed by atoms with E-state index >= 15 is 0 Å². The summed E-state index contributed by atoms with van der Waals surface area (Å²) >= 11 is 0. The summed E-state index contributed by atoms with van der Waals surface area (Å²) in [6.45, 7) is 3.90. The predicted molar refractivity (Wildman–Crippen MR) is 60.0 cm³/mol. The Morgan fingerprint density at radius 2 is 1.87 bits per heavy atom. The minimum atomic E-state index is -0.383. The van der Waals surface area contributed by atoms with Gasteiger partial charge in [0.25, 0.3) is 5.56 Å². The van der Waals surface area contributed by atoms with Crippen molar-refractivity contribution in [3.63, 3.8) is 0 Å². The van der Waals surface area contributed by atoms with Crippen LogP contribution < -0.4 is 17.0 Å². The van der Waals surface area contributed by atoms with Crippen molar-refractivity contribution in [2.75, 3.05) is 5.73 Å². The summed E-state index contributed by atoms with van der Waals surface area (Å²) in [5.41, 5.74) is 4.97. The molecule has 0 bridgehead atoms. The Labute approximate surface area is 88.1 Å². The summed E-state index contributed by atoms with van der Waals surface area (Å²) < 4.78 is 2.59. The summed E-state index contributed by atoms with van der Waals surface area (Å²) in [6.07, 6.45) is 2.85. The van der Waals surface area contributed by atoms with Gasteiger partial charge in [-0.1, -0.05) is 13.8 Å². The van der Waals surface area contributed by atoms with Crippen molar-refractivity contribution in [3.05, 3.63) is 27.0 Å². The maximum Gasteiger partial charge on any atom is 0.331 e. The van der Waals surface area contributed by atoms with Crippen molar-refractivity contribution < 1.29 is 0 Å². The Kier molecular flexibility index (Phi) is 3.34. The lowest BCUT2D eigenvalue weighted by molar-refractivity contribution is 0.429. The molecule has 0 fully saturated rings. The van der Waals surface area contributed by atoms with Crippen LogP contribution in [0.5, 0.6) is 0 Å². The van der Waals surface area contributed by atoms with Crippen LogP contribution >= 0.6 is 0 Å². The van der Waals surface area contributed by atoms with Gasteiger partial charge in [0.05, 0.1) is 0 Å². The van der Waals surface area contributed by atoms with Crippen LogP contribution in [0, 0.1) is 0 Å². The molecule has 84 valence electrons. The molecule has 1 rings (SSSR count). The molecule has 0 spiro atoms. The lowest BCUT2D eigenvalue weighted by Gasteiger charge is -2.16. The molecule has 1 heterocycles. The maximum atomic E-state index is 11.8. The predicted octanol–water partition coefficient (Wildman–Crippen LogP) is 0.490. The van der Waals surface area contributed by atoms with Gasteiger partial charge in [-0.2, -0.15) is 0 Å². The molecular formula is C10H17N3O2. The molecule has 0 saturated heterocycles. The molecule has 0 aliphatic rings. The SMILES string of the molecule is CCC(CC)n1c(=O)c(N)cn(C)c1=O. The lowest BCUT2D eigenvalue weighted by Crippen LogP contribution is -2.41. The molecule has 1 aromatic heterocycles. The Morgan fingerprint density at radius 3 is 2.33 bits per heavy atom. The van der Waals surface area contributed by atoms with Crippen LogP contribution in [0.15, 0.2) is 15.8 Å². The lowest BCUT2D eigenvalue weighted by atomic mass is 10.1. The van der Waals surface area contributed by atoms with Crippen LogP contribution in [0.3, 0.4) is 0 Å². The van der Waals surface area contributed by atoms with E-state index < -0.39 is 0 Å². The van der Waals surface area contributed by atoms with Crippen LogP contribution in [0.2, 0.25) is 0 Å². The van der Waals surface area contributed by atoms with Gasteiger partial charge in [0.15, 0.2) is 0 Å². The second-order valence-corrected chi connectivity index (χ2v) is 3.62. The first kappa shape index (κ1) is 11.6. The van der Waals surface area contributed by atoms with E-state index in [1.807, 2.05) is 13.8 Å². The molecule has 5 heteroatoms. The van der Waals surface area contributed by atoms with E-state index in [9.17, 15) is 9.59 Å². The average molecular weight is 211 g/mol. The third-order valence-corrected chi connectivity index (χ3v) is 2.61. The van der Waals surface area contributed by atoms with Gasteiger partial charge in [-0.3, -0.25) is 9.36 Å². The molecule has 0 aliphatic heterocycles. The van der Waals surface area contributed by atoms with E-state index in [2.05, 4.69) is 0 Å². The molecule has 0 aliphatic carbocycles. The highest BCUT2D eigenvalue weighted by atomic mass is 16.2. The standard InChI is InChI=1S/C10H17N3O2/c1-4-7(5-2)13-9(14)8(11)6-12(3)10(13)15/h6-7H,4-5,11H2,1-3H3. The molecular weight excluding hydrogens is 194 g/mol. The topological polar surface area (TPSA) is 70.0 Å². The van der Waals surface area contributed by atoms with Crippen LogP contribution in [-0.2, 0) is 7.05 Å². The molecule has 2 N–H and O–H groups in total. The normalized spacial score (nSPS) is 10.9. The number of hydrogen-bond donors (Lipinski definition) is 1. The van der Waals surface area contributed by atoms with Crippen LogP contribution in [-0.4, -0.2) is 9.13 Å². The van der Waals surface area contributed by atoms with Gasteiger partial charge in [-0.15, -0.1) is 0 Å². The van der Waals surface area contributed by atoms with Crippen molar-refractivity contribution >= 4 is 5.69 Å². The Hall–Kier alpha value is -1.52. The van der Waals surface area contributed by atoms with Crippen LogP contribution in [0.1, 0.15) is 32.7 Å². The van der Waals surface area contributed by atoms with E-state index in [0.29, 0.717) is 0 Å². The first-order valence-electron chi connectivity index (χ1n) is 5.10. The highest BCUT2D eigenvalue weighted by molar-refractivity contribution is 5.31. The largest absolute Gasteiger partial charge is 0.393 e. The van der Waals surface area contributed by atoms with Crippen molar-refractivity contribution in [2.24, 2.45) is 7.05 Å². The van der Waals surface area contributed by atoms with E-state index in [-0.39, 0.29) is 23.0 Å². The zero-order valence-electron chi connectivity index (χ0n) is 9.36. The first-order chi connectivity index (χ1) is 7.02. The second-order valence-electron chi connectivity index (χ2n) is 3.62.